The number of carboxylic acids is 1. The highest BCUT2D eigenvalue weighted by atomic mass is 35.5. The molecule has 1 atom stereocenters. The minimum Gasteiger partial charge on any atom is -0.480 e. The van der Waals surface area contributed by atoms with Crippen molar-refractivity contribution in [1.82, 2.24) is 5.32 Å². The predicted octanol–water partition coefficient (Wildman–Crippen LogP) is 1.41. The Morgan fingerprint density at radius 2 is 1.80 bits per heavy atom. The molecule has 0 bridgehead atoms. The Bertz CT molecular complexity index is 170. The largest absolute Gasteiger partial charge is 0.480 e. The first-order valence-electron chi connectivity index (χ1n) is 3.41. The fourth-order valence-electron chi connectivity index (χ4n) is 0.734. The molecule has 5 N–H and O–H groups in total. The van der Waals surface area contributed by atoms with Crippen molar-refractivity contribution in [3.63, 3.8) is 0 Å². The van der Waals surface area contributed by atoms with Crippen molar-refractivity contribution in [3.8, 4) is 0 Å². The van der Waals surface area contributed by atoms with Gasteiger partial charge in [-0.1, -0.05) is 13.3 Å². The number of guanidine groups is 1. The Hall–Kier alpha value is -0.100. The van der Waals surface area contributed by atoms with Crippen molar-refractivity contribution in [1.29, 1.82) is 5.41 Å². The average Bonchev–Trinajstić information content (AvgIpc) is 1.86. The summed E-state index contributed by atoms with van der Waals surface area (Å²) in [6.45, 7) is 1.87. The van der Waals surface area contributed by atoms with Gasteiger partial charge in [-0.05, 0) is 6.42 Å². The first-order valence-corrected chi connectivity index (χ1v) is 3.41. The molecular formula is C6H17Cl4N3O2. The van der Waals surface area contributed by atoms with E-state index in [1.54, 1.807) is 0 Å². The van der Waals surface area contributed by atoms with E-state index in [0.717, 1.165) is 6.42 Å². The Kier molecular flexibility index (Phi) is 32.0. The molecule has 5 nitrogen and oxygen atoms in total. The van der Waals surface area contributed by atoms with Crippen LogP contribution in [-0.4, -0.2) is 23.1 Å². The van der Waals surface area contributed by atoms with Crippen LogP contribution in [0.15, 0.2) is 0 Å². The molecule has 0 spiro atoms. The van der Waals surface area contributed by atoms with Crippen LogP contribution in [-0.2, 0) is 4.79 Å². The van der Waals surface area contributed by atoms with Gasteiger partial charge in [-0.25, -0.2) is 4.79 Å². The molecule has 0 aliphatic carbocycles. The van der Waals surface area contributed by atoms with Crippen LogP contribution in [0.2, 0.25) is 0 Å². The summed E-state index contributed by atoms with van der Waals surface area (Å²) in [5.74, 6) is -1.27. The van der Waals surface area contributed by atoms with E-state index in [1.807, 2.05) is 6.92 Å². The van der Waals surface area contributed by atoms with Crippen LogP contribution in [0.1, 0.15) is 19.8 Å². The van der Waals surface area contributed by atoms with Gasteiger partial charge in [-0.2, -0.15) is 0 Å². The maximum atomic E-state index is 10.4. The van der Waals surface area contributed by atoms with Gasteiger partial charge in [0.05, 0.1) is 0 Å². The van der Waals surface area contributed by atoms with Gasteiger partial charge in [0, 0.05) is 0 Å². The van der Waals surface area contributed by atoms with Crippen molar-refractivity contribution >= 4 is 61.6 Å². The lowest BCUT2D eigenvalue weighted by Gasteiger charge is -2.12. The molecule has 0 aromatic carbocycles. The maximum Gasteiger partial charge on any atom is 0.326 e. The molecule has 0 aromatic rings. The van der Waals surface area contributed by atoms with Crippen LogP contribution in [0, 0.1) is 5.41 Å². The minimum absolute atomic E-state index is 0. The predicted molar refractivity (Wildman–Crippen MR) is 70.4 cm³/mol. The number of hydrogen-bond acceptors (Lipinski definition) is 2. The second kappa shape index (κ2) is 16.3. The molecule has 0 saturated carbocycles. The molecule has 0 aliphatic rings. The molecule has 0 saturated heterocycles. The van der Waals surface area contributed by atoms with Crippen molar-refractivity contribution in [2.75, 3.05) is 0 Å². The summed E-state index contributed by atoms with van der Waals surface area (Å²) < 4.78 is 0. The summed E-state index contributed by atoms with van der Waals surface area (Å²) in [6.07, 6.45) is 1.23. The molecule has 9 heteroatoms. The summed E-state index contributed by atoms with van der Waals surface area (Å²) in [5, 5.41) is 17.7. The summed E-state index contributed by atoms with van der Waals surface area (Å²) in [5.41, 5.74) is 4.97. The van der Waals surface area contributed by atoms with Gasteiger partial charge in [-0.15, -0.1) is 49.6 Å². The van der Waals surface area contributed by atoms with Gasteiger partial charge in [-0.3, -0.25) is 5.41 Å². The van der Waals surface area contributed by atoms with Crippen LogP contribution in [0.25, 0.3) is 0 Å². The van der Waals surface area contributed by atoms with Crippen LogP contribution in [0.5, 0.6) is 0 Å². The normalized spacial score (nSPS) is 8.87. The number of nitrogens with two attached hydrogens (primary N) is 1. The fourth-order valence-corrected chi connectivity index (χ4v) is 0.734. The third-order valence-corrected chi connectivity index (χ3v) is 1.21. The lowest BCUT2D eigenvalue weighted by atomic mass is 10.2. The zero-order valence-corrected chi connectivity index (χ0v) is 11.3. The van der Waals surface area contributed by atoms with Gasteiger partial charge in [0.2, 0.25) is 0 Å². The zero-order valence-electron chi connectivity index (χ0n) is 8.06. The molecule has 0 fully saturated rings. The van der Waals surface area contributed by atoms with Crippen LogP contribution < -0.4 is 11.1 Å². The zero-order chi connectivity index (χ0) is 8.85. The van der Waals surface area contributed by atoms with Crippen LogP contribution >= 0.6 is 49.6 Å². The van der Waals surface area contributed by atoms with Gasteiger partial charge in [0.15, 0.2) is 5.96 Å². The van der Waals surface area contributed by atoms with Gasteiger partial charge >= 0.3 is 5.97 Å². The van der Waals surface area contributed by atoms with Gasteiger partial charge in [0.25, 0.3) is 0 Å². The van der Waals surface area contributed by atoms with Crippen molar-refractivity contribution in [2.24, 2.45) is 5.73 Å². The molecule has 0 aromatic heterocycles. The summed E-state index contributed by atoms with van der Waals surface area (Å²) in [4.78, 5) is 10.4. The van der Waals surface area contributed by atoms with E-state index in [1.165, 1.54) is 0 Å². The SMILES string of the molecule is CCCC(NC(=N)N)C(=O)O.Cl.Cl.Cl.Cl. The molecule has 1 unspecified atom stereocenters. The van der Waals surface area contributed by atoms with E-state index in [9.17, 15) is 4.79 Å². The lowest BCUT2D eigenvalue weighted by Crippen LogP contribution is -2.43. The van der Waals surface area contributed by atoms with Crippen LogP contribution in [0.3, 0.4) is 0 Å². The van der Waals surface area contributed by atoms with Gasteiger partial charge in [0.1, 0.15) is 6.04 Å². The Morgan fingerprint density at radius 3 is 2.00 bits per heavy atom. The molecule has 0 heterocycles. The number of carbonyl (C=O) groups is 1. The lowest BCUT2D eigenvalue weighted by molar-refractivity contribution is -0.139. The molecule has 0 rings (SSSR count). The molecular weight excluding hydrogens is 288 g/mol. The highest BCUT2D eigenvalue weighted by Crippen LogP contribution is 1.95. The second-order valence-corrected chi connectivity index (χ2v) is 2.24. The van der Waals surface area contributed by atoms with Crippen molar-refractivity contribution in [3.05, 3.63) is 0 Å². The van der Waals surface area contributed by atoms with Crippen molar-refractivity contribution < 1.29 is 9.90 Å². The van der Waals surface area contributed by atoms with Gasteiger partial charge < -0.3 is 16.2 Å². The number of rotatable bonds is 4. The molecule has 15 heavy (non-hydrogen) atoms. The number of nitrogens with one attached hydrogen (secondary N) is 2. The Morgan fingerprint density at radius 1 is 1.40 bits per heavy atom. The average molecular weight is 305 g/mol. The van der Waals surface area contributed by atoms with Crippen LogP contribution in [0.4, 0.5) is 0 Å². The van der Waals surface area contributed by atoms with E-state index in [4.69, 9.17) is 16.2 Å². The molecule has 0 amide bonds. The summed E-state index contributed by atoms with van der Waals surface area (Å²) in [6, 6.07) is -0.725. The summed E-state index contributed by atoms with van der Waals surface area (Å²) >= 11 is 0. The molecule has 0 aliphatic heterocycles. The molecule has 0 radical (unpaired) electrons. The van der Waals surface area contributed by atoms with E-state index in [-0.39, 0.29) is 55.6 Å². The number of halogens is 4. The maximum absolute atomic E-state index is 10.4. The fraction of sp³-hybridized carbons (Fsp3) is 0.667. The third-order valence-electron chi connectivity index (χ3n) is 1.21. The Labute approximate surface area is 114 Å². The minimum atomic E-state index is -0.970. The molecule has 96 valence electrons. The van der Waals surface area contributed by atoms with Crippen molar-refractivity contribution in [2.45, 2.75) is 25.8 Å². The summed E-state index contributed by atoms with van der Waals surface area (Å²) in [7, 11) is 0. The van der Waals surface area contributed by atoms with E-state index in [2.05, 4.69) is 5.32 Å². The number of carboxylic acid groups (broad SMARTS) is 1. The topological polar surface area (TPSA) is 99.2 Å². The highest BCUT2D eigenvalue weighted by molar-refractivity contribution is 5.86. The third kappa shape index (κ3) is 16.6. The number of aliphatic carboxylic acids is 1. The smallest absolute Gasteiger partial charge is 0.326 e. The monoisotopic (exact) mass is 303 g/mol. The van der Waals surface area contributed by atoms with E-state index < -0.39 is 12.0 Å². The first kappa shape index (κ1) is 29.4. The second-order valence-electron chi connectivity index (χ2n) is 2.24. The van der Waals surface area contributed by atoms with E-state index in [0.29, 0.717) is 6.42 Å². The first-order chi connectivity index (χ1) is 5.07. The standard InChI is InChI=1S/C6H13N3O2.4ClH/c1-2-3-4(5(10)11)9-6(7)8;;;;/h4H,2-3H2,1H3,(H,10,11)(H4,7,8,9);4*1H. The van der Waals surface area contributed by atoms with E-state index >= 15 is 0 Å². The number of hydrogen-bond donors (Lipinski definition) is 4. The quantitative estimate of drug-likeness (QED) is 0.466. The Balaban J connectivity index is -0.0000000833. The highest BCUT2D eigenvalue weighted by Gasteiger charge is 2.15.